The predicted octanol–water partition coefficient (Wildman–Crippen LogP) is 9.08. The van der Waals surface area contributed by atoms with Gasteiger partial charge in [-0.2, -0.15) is 9.97 Å². The van der Waals surface area contributed by atoms with Crippen LogP contribution in [-0.4, -0.2) is 113 Å². The minimum absolute atomic E-state index is 0.0220. The Morgan fingerprint density at radius 3 is 1.42 bits per heavy atom. The van der Waals surface area contributed by atoms with E-state index in [2.05, 4.69) is 41.5 Å². The average molecular weight is 1040 g/mol. The van der Waals surface area contributed by atoms with Gasteiger partial charge >= 0.3 is 18.0 Å². The number of aryl methyl sites for hydroxylation is 2. The van der Waals surface area contributed by atoms with Crippen LogP contribution in [0.1, 0.15) is 43.0 Å². The molecule has 0 atom stereocenters. The lowest BCUT2D eigenvalue weighted by atomic mass is 9.98. The van der Waals surface area contributed by atoms with Crippen LogP contribution in [-0.2, 0) is 13.1 Å². The molecule has 22 heteroatoms. The van der Waals surface area contributed by atoms with E-state index in [0.717, 1.165) is 39.6 Å². The number of rotatable bonds is 15. The first-order chi connectivity index (χ1) is 36.4. The van der Waals surface area contributed by atoms with Crippen LogP contribution in [0.3, 0.4) is 0 Å². The van der Waals surface area contributed by atoms with Crippen LogP contribution < -0.4 is 36.4 Å². The molecule has 0 saturated carbocycles. The van der Waals surface area contributed by atoms with Gasteiger partial charge in [0.05, 0.1) is 30.0 Å². The van der Waals surface area contributed by atoms with E-state index < -0.39 is 52.7 Å². The van der Waals surface area contributed by atoms with Gasteiger partial charge in [0, 0.05) is 59.7 Å². The van der Waals surface area contributed by atoms with Gasteiger partial charge in [0.15, 0.2) is 11.6 Å². The van der Waals surface area contributed by atoms with Crippen molar-refractivity contribution >= 4 is 64.5 Å². The molecule has 7 aromatic rings. The second-order valence-corrected chi connectivity index (χ2v) is 18.2. The number of carboxylic acids is 1. The van der Waals surface area contributed by atoms with Crippen molar-refractivity contribution in [1.82, 2.24) is 40.4 Å². The summed E-state index contributed by atoms with van der Waals surface area (Å²) in [5.41, 5.74) is 4.63. The number of nitrogens with one attached hydrogen (secondary N) is 5. The summed E-state index contributed by atoms with van der Waals surface area (Å²) < 4.78 is 59.2. The van der Waals surface area contributed by atoms with Gasteiger partial charge in [-0.3, -0.25) is 4.79 Å². The molecule has 0 fully saturated rings. The second kappa shape index (κ2) is 23.0. The van der Waals surface area contributed by atoms with Crippen molar-refractivity contribution in [1.29, 1.82) is 0 Å². The van der Waals surface area contributed by atoms with E-state index in [-0.39, 0.29) is 48.1 Å². The molecular formula is C54H53F4N13O5. The summed E-state index contributed by atoms with van der Waals surface area (Å²) in [7, 11) is 7.65. The summed E-state index contributed by atoms with van der Waals surface area (Å²) in [4.78, 5) is 74.2. The van der Waals surface area contributed by atoms with Crippen molar-refractivity contribution < 1.29 is 41.8 Å². The molecule has 392 valence electrons. The zero-order chi connectivity index (χ0) is 54.4. The number of carbonyl (C=O) groups excluding carboxylic acids is 3. The fourth-order valence-corrected chi connectivity index (χ4v) is 8.38. The number of likely N-dealkylation sites (N-methyl/N-ethyl adjacent to an activating group) is 2. The lowest BCUT2D eigenvalue weighted by molar-refractivity contribution is 0.0696. The van der Waals surface area contributed by atoms with Crippen LogP contribution in [0.5, 0.6) is 0 Å². The molecule has 4 heterocycles. The molecule has 0 spiro atoms. The largest absolute Gasteiger partial charge is 0.478 e. The van der Waals surface area contributed by atoms with Gasteiger partial charge < -0.3 is 41.5 Å². The number of halogens is 4. The maximum absolute atomic E-state index is 14.9. The number of amides is 5. The molecular weight excluding hydrogens is 987 g/mol. The summed E-state index contributed by atoms with van der Waals surface area (Å²) >= 11 is 0. The van der Waals surface area contributed by atoms with Crippen LogP contribution in [0.2, 0.25) is 0 Å². The minimum atomic E-state index is -1.07. The van der Waals surface area contributed by atoms with E-state index in [1.807, 2.05) is 63.1 Å². The molecule has 9 rings (SSSR count). The van der Waals surface area contributed by atoms with E-state index in [9.17, 15) is 41.8 Å². The molecule has 2 aromatic heterocycles. The number of nitrogens with zero attached hydrogens (tertiary/aromatic N) is 8. The fourth-order valence-electron chi connectivity index (χ4n) is 8.38. The molecule has 5 aromatic carbocycles. The van der Waals surface area contributed by atoms with Gasteiger partial charge in [0.1, 0.15) is 34.6 Å². The Balaban J connectivity index is 0.000000204. The van der Waals surface area contributed by atoms with Crippen molar-refractivity contribution in [2.75, 3.05) is 80.1 Å². The number of hydrogen-bond acceptors (Lipinski definition) is 12. The number of fused-ring (bicyclic) bond motifs is 2. The molecule has 0 unspecified atom stereocenters. The molecule has 0 aliphatic carbocycles. The highest BCUT2D eigenvalue weighted by molar-refractivity contribution is 6.06. The Kier molecular flexibility index (Phi) is 16.1. The number of anilines is 7. The number of aromatic carboxylic acids is 1. The first-order valence-electron chi connectivity index (χ1n) is 23.8. The highest BCUT2D eigenvalue weighted by Gasteiger charge is 2.36. The van der Waals surface area contributed by atoms with Crippen molar-refractivity contribution in [3.8, 4) is 22.5 Å². The monoisotopic (exact) mass is 1040 g/mol. The van der Waals surface area contributed by atoms with E-state index in [0.29, 0.717) is 76.6 Å². The SMILES string of the molecule is Cc1cc(C(=O)Nc2ccccc2)ccc1-c1nc(NCCN(C)C)nc2c1CNC(=O)N2c1c(F)cccc1F.Cc1cc(C(=O)O)ccc1-c1nc(NCCN(C)C)nc2c1CNC(=O)N2c1c(F)cccc1F. The van der Waals surface area contributed by atoms with Gasteiger partial charge in [0.2, 0.25) is 11.9 Å². The normalized spacial score (nSPS) is 12.8. The van der Waals surface area contributed by atoms with Crippen LogP contribution in [0, 0.1) is 37.1 Å². The first-order valence-corrected chi connectivity index (χ1v) is 23.8. The minimum Gasteiger partial charge on any atom is -0.478 e. The Labute approximate surface area is 434 Å². The summed E-state index contributed by atoms with van der Waals surface area (Å²) in [6, 6.07) is 24.2. The van der Waals surface area contributed by atoms with Crippen LogP contribution in [0.25, 0.3) is 22.5 Å². The molecule has 2 aliphatic rings. The lowest BCUT2D eigenvalue weighted by Gasteiger charge is -2.31. The van der Waals surface area contributed by atoms with Crippen molar-refractivity contribution in [2.45, 2.75) is 26.9 Å². The second-order valence-electron chi connectivity index (χ2n) is 18.2. The van der Waals surface area contributed by atoms with Gasteiger partial charge in [-0.25, -0.2) is 51.7 Å². The third-order valence-corrected chi connectivity index (χ3v) is 12.1. The van der Waals surface area contributed by atoms with E-state index in [1.54, 1.807) is 43.3 Å². The number of carboxylic acid groups (broad SMARTS) is 1. The van der Waals surface area contributed by atoms with Crippen molar-refractivity contribution in [3.05, 3.63) is 160 Å². The third-order valence-electron chi connectivity index (χ3n) is 12.1. The van der Waals surface area contributed by atoms with E-state index in [4.69, 9.17) is 4.98 Å². The molecule has 5 amide bonds. The summed E-state index contributed by atoms with van der Waals surface area (Å²) in [5, 5.41) is 23.8. The maximum Gasteiger partial charge on any atom is 0.335 e. The lowest BCUT2D eigenvalue weighted by Crippen LogP contribution is -2.43. The molecule has 6 N–H and O–H groups in total. The Hall–Kier alpha value is -9.02. The highest BCUT2D eigenvalue weighted by atomic mass is 19.1. The van der Waals surface area contributed by atoms with Gasteiger partial charge in [-0.05, 0) is 114 Å². The van der Waals surface area contributed by atoms with Crippen molar-refractivity contribution in [2.24, 2.45) is 0 Å². The van der Waals surface area contributed by atoms with Gasteiger partial charge in [-0.1, -0.05) is 42.5 Å². The standard InChI is InChI=1S/C30H29F2N7O2.C24H24F2N6O3/c1-18-16-19(28(40)35-20-8-5-4-6-9-20)12-13-21(18)25-22-17-34-30(41)39(26-23(31)10-7-11-24(26)32)27(22)37-29(36-25)33-14-15-38(2)3;1-13-11-14(22(33)34)7-8-15(13)19-16-12-28-24(35)32(20-17(25)5-4-6-18(20)26)21(16)30-23(29-19)27-9-10-31(2)3/h4-13,16H,14-15,17H2,1-3H3,(H,34,41)(H,35,40)(H,33,36,37);4-8,11H,9-10,12H2,1-3H3,(H,28,35)(H,33,34)(H,27,29,30). The summed E-state index contributed by atoms with van der Waals surface area (Å²) in [6.45, 7) is 5.95. The Morgan fingerprint density at radius 1 is 0.592 bits per heavy atom. The first kappa shape index (κ1) is 53.3. The smallest absolute Gasteiger partial charge is 0.335 e. The van der Waals surface area contributed by atoms with Crippen molar-refractivity contribution in [3.63, 3.8) is 0 Å². The predicted molar refractivity (Wildman–Crippen MR) is 281 cm³/mol. The number of aromatic nitrogens is 4. The topological polar surface area (TPSA) is 213 Å². The number of para-hydroxylation sites is 3. The van der Waals surface area contributed by atoms with Gasteiger partial charge in [-0.15, -0.1) is 0 Å². The highest BCUT2D eigenvalue weighted by Crippen LogP contribution is 2.41. The molecule has 0 bridgehead atoms. The van der Waals surface area contributed by atoms with E-state index in [1.165, 1.54) is 24.3 Å². The fraction of sp³-hybridized carbons (Fsp3) is 0.222. The van der Waals surface area contributed by atoms with Crippen LogP contribution in [0.15, 0.2) is 103 Å². The molecule has 0 saturated heterocycles. The zero-order valence-corrected chi connectivity index (χ0v) is 42.2. The van der Waals surface area contributed by atoms with Gasteiger partial charge in [0.25, 0.3) is 5.91 Å². The number of benzene rings is 5. The number of urea groups is 2. The molecule has 18 nitrogen and oxygen atoms in total. The Bertz CT molecular complexity index is 3320. The third kappa shape index (κ3) is 11.7. The Morgan fingerprint density at radius 2 is 1.01 bits per heavy atom. The quantitative estimate of drug-likeness (QED) is 0.0530. The molecule has 76 heavy (non-hydrogen) atoms. The number of hydrogen-bond donors (Lipinski definition) is 6. The van der Waals surface area contributed by atoms with Crippen LogP contribution in [0.4, 0.5) is 67.7 Å². The average Bonchev–Trinajstić information content (AvgIpc) is 3.41. The summed E-state index contributed by atoms with van der Waals surface area (Å²) in [5.74, 6) is -4.51. The van der Waals surface area contributed by atoms with E-state index >= 15 is 0 Å². The molecule has 2 aliphatic heterocycles. The number of carbonyl (C=O) groups is 4. The maximum atomic E-state index is 14.9. The van der Waals surface area contributed by atoms with Crippen LogP contribution >= 0.6 is 0 Å². The molecule has 0 radical (unpaired) electrons. The summed E-state index contributed by atoms with van der Waals surface area (Å²) in [6.07, 6.45) is 0. The zero-order valence-electron chi connectivity index (χ0n) is 42.2.